The lowest BCUT2D eigenvalue weighted by Crippen LogP contribution is -2.45. The second kappa shape index (κ2) is 7.75. The number of piperidine rings is 1. The first-order valence-corrected chi connectivity index (χ1v) is 10.6. The number of hydrogen-bond acceptors (Lipinski definition) is 4. The minimum Gasteiger partial charge on any atom is -0.298 e. The van der Waals surface area contributed by atoms with E-state index < -0.39 is 0 Å². The van der Waals surface area contributed by atoms with E-state index in [1.807, 2.05) is 11.7 Å². The lowest BCUT2D eigenvalue weighted by atomic mass is 9.84. The summed E-state index contributed by atoms with van der Waals surface area (Å²) < 4.78 is 1.92. The summed E-state index contributed by atoms with van der Waals surface area (Å²) in [5.41, 5.74) is 13.5. The van der Waals surface area contributed by atoms with Crippen molar-refractivity contribution in [2.45, 2.75) is 32.0 Å². The third kappa shape index (κ3) is 3.73. The van der Waals surface area contributed by atoms with Gasteiger partial charge in [0.05, 0.1) is 11.7 Å². The number of aromatic nitrogens is 2. The Labute approximate surface area is 172 Å². The summed E-state index contributed by atoms with van der Waals surface area (Å²) in [6.45, 7) is 5.33. The van der Waals surface area contributed by atoms with E-state index in [0.717, 1.165) is 25.3 Å². The van der Waals surface area contributed by atoms with Gasteiger partial charge < -0.3 is 0 Å². The van der Waals surface area contributed by atoms with Crippen LogP contribution in [-0.2, 0) is 13.6 Å². The van der Waals surface area contributed by atoms with Crippen molar-refractivity contribution in [3.63, 3.8) is 0 Å². The molecule has 5 rings (SSSR count). The number of likely N-dealkylation sites (tertiary alicyclic amines) is 1. The van der Waals surface area contributed by atoms with Crippen molar-refractivity contribution in [1.82, 2.24) is 25.5 Å². The fourth-order valence-electron chi connectivity index (χ4n) is 4.91. The normalized spacial score (nSPS) is 24.6. The smallest absolute Gasteiger partial charge is 0.0638 e. The number of fused-ring (bicyclic) bond motifs is 1. The Hall–Kier alpha value is -2.47. The Morgan fingerprint density at radius 1 is 1.00 bits per heavy atom. The highest BCUT2D eigenvalue weighted by molar-refractivity contribution is 5.63. The topological polar surface area (TPSA) is 45.1 Å². The zero-order valence-electron chi connectivity index (χ0n) is 17.2. The van der Waals surface area contributed by atoms with Gasteiger partial charge in [0.25, 0.3) is 0 Å². The first-order valence-electron chi connectivity index (χ1n) is 10.6. The summed E-state index contributed by atoms with van der Waals surface area (Å²) in [7, 11) is 2.00. The van der Waals surface area contributed by atoms with Gasteiger partial charge in [-0.15, -0.1) is 0 Å². The Bertz CT molecular complexity index is 963. The van der Waals surface area contributed by atoms with Crippen LogP contribution in [0.1, 0.15) is 29.3 Å². The summed E-state index contributed by atoms with van der Waals surface area (Å²) in [5, 5.41) is 4.50. The van der Waals surface area contributed by atoms with Crippen molar-refractivity contribution in [2.75, 3.05) is 13.1 Å². The highest BCUT2D eigenvalue weighted by Crippen LogP contribution is 2.35. The summed E-state index contributed by atoms with van der Waals surface area (Å²) in [6.07, 6.45) is 3.34. The summed E-state index contributed by atoms with van der Waals surface area (Å²) in [6, 6.07) is 20.5. The van der Waals surface area contributed by atoms with Crippen molar-refractivity contribution < 1.29 is 0 Å². The molecule has 2 aliphatic rings. The highest BCUT2D eigenvalue weighted by Gasteiger charge is 2.40. The Kier molecular flexibility index (Phi) is 4.96. The van der Waals surface area contributed by atoms with Crippen LogP contribution in [0.2, 0.25) is 0 Å². The SMILES string of the molecule is Cc1nn(C)cc1CN1CCC2NNC(c3ccc(-c4ccccc4)cc3)C2C1. The van der Waals surface area contributed by atoms with Crippen LogP contribution in [0, 0.1) is 12.8 Å². The number of aryl methyl sites for hydroxylation is 2. The zero-order valence-corrected chi connectivity index (χ0v) is 17.2. The minimum absolute atomic E-state index is 0.350. The van der Waals surface area contributed by atoms with E-state index in [0.29, 0.717) is 18.0 Å². The largest absolute Gasteiger partial charge is 0.298 e. The molecule has 3 atom stereocenters. The maximum Gasteiger partial charge on any atom is 0.0638 e. The first kappa shape index (κ1) is 18.6. The lowest BCUT2D eigenvalue weighted by molar-refractivity contribution is 0.148. The standard InChI is InChI=1S/C24H29N5/c1-17-21(14-28(2)27-17)15-29-13-12-23-22(16-29)24(26-25-23)20-10-8-19(9-11-20)18-6-4-3-5-7-18/h3-11,14,22-26H,12-13,15-16H2,1-2H3. The maximum absolute atomic E-state index is 4.50. The fraction of sp³-hybridized carbons (Fsp3) is 0.375. The number of hydrazine groups is 1. The van der Waals surface area contributed by atoms with Gasteiger partial charge in [-0.3, -0.25) is 15.0 Å². The Morgan fingerprint density at radius 2 is 1.76 bits per heavy atom. The van der Waals surface area contributed by atoms with Crippen LogP contribution in [0.15, 0.2) is 60.8 Å². The molecule has 3 unspecified atom stereocenters. The van der Waals surface area contributed by atoms with Crippen LogP contribution in [-0.4, -0.2) is 33.8 Å². The second-order valence-corrected chi connectivity index (χ2v) is 8.46. The van der Waals surface area contributed by atoms with Crippen LogP contribution >= 0.6 is 0 Å². The van der Waals surface area contributed by atoms with Gasteiger partial charge in [-0.1, -0.05) is 54.6 Å². The molecular weight excluding hydrogens is 358 g/mol. The van der Waals surface area contributed by atoms with E-state index in [9.17, 15) is 0 Å². The number of nitrogens with zero attached hydrogens (tertiary/aromatic N) is 3. The molecule has 0 saturated carbocycles. The van der Waals surface area contributed by atoms with E-state index in [4.69, 9.17) is 0 Å². The van der Waals surface area contributed by atoms with Gasteiger partial charge in [-0.2, -0.15) is 5.10 Å². The molecule has 1 aromatic heterocycles. The lowest BCUT2D eigenvalue weighted by Gasteiger charge is -2.36. The monoisotopic (exact) mass is 387 g/mol. The highest BCUT2D eigenvalue weighted by atomic mass is 15.4. The Morgan fingerprint density at radius 3 is 2.48 bits per heavy atom. The molecule has 2 aliphatic heterocycles. The van der Waals surface area contributed by atoms with Gasteiger partial charge in [0, 0.05) is 50.4 Å². The predicted molar refractivity (Wildman–Crippen MR) is 116 cm³/mol. The van der Waals surface area contributed by atoms with Crippen molar-refractivity contribution in [3.8, 4) is 11.1 Å². The number of benzene rings is 2. The molecule has 150 valence electrons. The number of nitrogens with one attached hydrogen (secondary N) is 2. The van der Waals surface area contributed by atoms with Crippen LogP contribution in [0.4, 0.5) is 0 Å². The molecule has 0 spiro atoms. The van der Waals surface area contributed by atoms with Gasteiger partial charge in [-0.25, -0.2) is 5.43 Å². The van der Waals surface area contributed by atoms with E-state index in [2.05, 4.69) is 88.6 Å². The third-order valence-electron chi connectivity index (χ3n) is 6.48. The van der Waals surface area contributed by atoms with Gasteiger partial charge in [-0.05, 0) is 30.0 Å². The average Bonchev–Trinajstić information content (AvgIpc) is 3.31. The number of hydrogen-bond donors (Lipinski definition) is 2. The predicted octanol–water partition coefficient (Wildman–Crippen LogP) is 3.44. The quantitative estimate of drug-likeness (QED) is 0.720. The fourth-order valence-corrected chi connectivity index (χ4v) is 4.91. The van der Waals surface area contributed by atoms with Gasteiger partial charge >= 0.3 is 0 Å². The average molecular weight is 388 g/mol. The van der Waals surface area contributed by atoms with Crippen LogP contribution in [0.5, 0.6) is 0 Å². The van der Waals surface area contributed by atoms with Crippen molar-refractivity contribution in [2.24, 2.45) is 13.0 Å². The molecule has 0 bridgehead atoms. The summed E-state index contributed by atoms with van der Waals surface area (Å²) in [4.78, 5) is 2.59. The van der Waals surface area contributed by atoms with Crippen molar-refractivity contribution in [3.05, 3.63) is 77.6 Å². The minimum atomic E-state index is 0.350. The van der Waals surface area contributed by atoms with Gasteiger partial charge in [0.15, 0.2) is 0 Å². The number of rotatable bonds is 4. The zero-order chi connectivity index (χ0) is 19.8. The molecule has 2 aromatic carbocycles. The molecular formula is C24H29N5. The first-order chi connectivity index (χ1) is 14.2. The molecule has 2 N–H and O–H groups in total. The molecule has 0 amide bonds. The Balaban J connectivity index is 1.31. The van der Waals surface area contributed by atoms with E-state index in [1.165, 1.54) is 28.7 Å². The molecule has 0 radical (unpaired) electrons. The molecule has 3 aromatic rings. The molecule has 2 saturated heterocycles. The van der Waals surface area contributed by atoms with Crippen molar-refractivity contribution >= 4 is 0 Å². The molecule has 5 heteroatoms. The van der Waals surface area contributed by atoms with Crippen LogP contribution in [0.3, 0.4) is 0 Å². The van der Waals surface area contributed by atoms with Gasteiger partial charge in [0.1, 0.15) is 0 Å². The van der Waals surface area contributed by atoms with Gasteiger partial charge in [0.2, 0.25) is 0 Å². The molecule has 29 heavy (non-hydrogen) atoms. The second-order valence-electron chi connectivity index (χ2n) is 8.46. The maximum atomic E-state index is 4.50. The third-order valence-corrected chi connectivity index (χ3v) is 6.48. The van der Waals surface area contributed by atoms with E-state index >= 15 is 0 Å². The van der Waals surface area contributed by atoms with E-state index in [-0.39, 0.29) is 0 Å². The summed E-state index contributed by atoms with van der Waals surface area (Å²) >= 11 is 0. The molecule has 2 fully saturated rings. The van der Waals surface area contributed by atoms with Crippen LogP contribution in [0.25, 0.3) is 11.1 Å². The van der Waals surface area contributed by atoms with Crippen LogP contribution < -0.4 is 10.9 Å². The van der Waals surface area contributed by atoms with Crippen molar-refractivity contribution in [1.29, 1.82) is 0 Å². The molecule has 3 heterocycles. The molecule has 0 aliphatic carbocycles. The van der Waals surface area contributed by atoms with E-state index in [1.54, 1.807) is 0 Å². The summed E-state index contributed by atoms with van der Waals surface area (Å²) in [5.74, 6) is 0.573. The molecule has 5 nitrogen and oxygen atoms in total.